The number of carbonyl (C=O) groups is 7. The Bertz CT molecular complexity index is 1640. The number of hydrazine groups is 1. The van der Waals surface area contributed by atoms with Gasteiger partial charge >= 0.3 is 5.97 Å². The van der Waals surface area contributed by atoms with Crippen molar-refractivity contribution >= 4 is 41.4 Å². The zero-order valence-electron chi connectivity index (χ0n) is 29.8. The van der Waals surface area contributed by atoms with Crippen molar-refractivity contribution in [2.24, 2.45) is 11.7 Å². The predicted molar refractivity (Wildman–Crippen MR) is 189 cm³/mol. The maximum Gasteiger partial charge on any atom is 0.326 e. The van der Waals surface area contributed by atoms with Gasteiger partial charge < -0.3 is 47.6 Å². The van der Waals surface area contributed by atoms with Crippen LogP contribution in [0.2, 0.25) is 0 Å². The highest BCUT2D eigenvalue weighted by atomic mass is 16.7. The van der Waals surface area contributed by atoms with Crippen LogP contribution in [0.4, 0.5) is 0 Å². The van der Waals surface area contributed by atoms with Gasteiger partial charge in [-0.15, -0.1) is 5.43 Å². The summed E-state index contributed by atoms with van der Waals surface area (Å²) in [6.07, 6.45) is -1.05. The summed E-state index contributed by atoms with van der Waals surface area (Å²) in [5.41, 5.74) is 8.21. The fraction of sp³-hybridized carbons (Fsp3) is 0.441. The van der Waals surface area contributed by atoms with Gasteiger partial charge in [0.15, 0.2) is 11.1 Å². The number of hydrogen-bond donors (Lipinski definition) is 10. The number of carboxylic acids is 1. The lowest BCUT2D eigenvalue weighted by Crippen LogP contribution is -2.60. The largest absolute Gasteiger partial charge is 0.508 e. The molecule has 0 saturated heterocycles. The number of phenolic OH excluding ortho intramolecular Hbond substituents is 1. The highest BCUT2D eigenvalue weighted by Gasteiger charge is 2.34. The lowest BCUT2D eigenvalue weighted by atomic mass is 10.00. The molecule has 11 N–H and O–H groups in total. The number of nitro groups is 1. The molecule has 0 spiro atoms. The van der Waals surface area contributed by atoms with Gasteiger partial charge in [0.1, 0.15) is 36.0 Å². The van der Waals surface area contributed by atoms with E-state index in [-0.39, 0.29) is 25.0 Å². The van der Waals surface area contributed by atoms with Crippen molar-refractivity contribution in [3.8, 4) is 5.75 Å². The van der Waals surface area contributed by atoms with Crippen molar-refractivity contribution < 1.29 is 53.9 Å². The van der Waals surface area contributed by atoms with Crippen molar-refractivity contribution in [2.75, 3.05) is 6.61 Å². The van der Waals surface area contributed by atoms with Crippen LogP contribution in [-0.4, -0.2) is 105 Å². The van der Waals surface area contributed by atoms with Gasteiger partial charge in [-0.05, 0) is 42.5 Å². The number of aromatic hydroxyl groups is 1. The molecule has 0 heterocycles. The Morgan fingerprint density at radius 2 is 1.22 bits per heavy atom. The van der Waals surface area contributed by atoms with Crippen LogP contribution in [-0.2, 0) is 46.4 Å². The normalized spacial score (nSPS) is 14.2. The summed E-state index contributed by atoms with van der Waals surface area (Å²) in [6.45, 7) is 3.35. The number of amides is 6. The molecule has 0 fully saturated rings. The van der Waals surface area contributed by atoms with E-state index in [0.29, 0.717) is 11.1 Å². The average molecular weight is 759 g/mol. The highest BCUT2D eigenvalue weighted by molar-refractivity contribution is 5.96. The Morgan fingerprint density at radius 1 is 0.704 bits per heavy atom. The molecular formula is C34H46N8O12. The first-order valence-corrected chi connectivity index (χ1v) is 16.8. The van der Waals surface area contributed by atoms with Gasteiger partial charge in [-0.1, -0.05) is 56.3 Å². The second kappa shape index (κ2) is 21.3. The summed E-state index contributed by atoms with van der Waals surface area (Å²) in [5.74, 6) is -7.74. The van der Waals surface area contributed by atoms with Gasteiger partial charge in [0, 0.05) is 19.3 Å². The summed E-state index contributed by atoms with van der Waals surface area (Å²) < 4.78 is 0. The number of nitrogens with two attached hydrogens (primary N) is 1. The van der Waals surface area contributed by atoms with Crippen molar-refractivity contribution in [3.63, 3.8) is 0 Å². The molecule has 0 unspecified atom stereocenters. The molecule has 2 aromatic carbocycles. The Kier molecular flexibility index (Phi) is 17.3. The van der Waals surface area contributed by atoms with Gasteiger partial charge in [-0.3, -0.25) is 28.8 Å². The Labute approximate surface area is 309 Å². The standard InChI is InChI=1S/C34H46N8O12/c1-18(2)28(40-31(48)24(41-42(53)54)15-21-9-11-22(44)12-10-21)33(50)37-23(13-14-27(35)45)30(47)39-26(17-43)32(49)36-19(3)29(46)38-25(34(51)52)16-20-7-5-4-6-8-20/h4-12,18-19,23-26,28,41,43-44H,13-17H2,1-3H3,(H2,35,45)(H,36,49)(H,37,50)(H,38,46)(H,39,47)(H,40,48)(H,51,52)/t19-,23-,24-,25-,26-,28-/m0/s1. The van der Waals surface area contributed by atoms with Crippen molar-refractivity contribution in [1.29, 1.82) is 0 Å². The van der Waals surface area contributed by atoms with Gasteiger partial charge in [-0.2, -0.15) is 0 Å². The van der Waals surface area contributed by atoms with Crippen molar-refractivity contribution in [1.82, 2.24) is 32.0 Å². The number of primary amides is 1. The van der Waals surface area contributed by atoms with Crippen LogP contribution in [0.1, 0.15) is 44.7 Å². The molecule has 6 atom stereocenters. The van der Waals surface area contributed by atoms with Crippen LogP contribution < -0.4 is 37.7 Å². The van der Waals surface area contributed by atoms with Gasteiger partial charge in [0.05, 0.1) is 6.61 Å². The summed E-state index contributed by atoms with van der Waals surface area (Å²) in [5, 5.41) is 51.0. The Morgan fingerprint density at radius 3 is 1.76 bits per heavy atom. The molecule has 20 nitrogen and oxygen atoms in total. The van der Waals surface area contributed by atoms with E-state index in [2.05, 4.69) is 26.6 Å². The highest BCUT2D eigenvalue weighted by Crippen LogP contribution is 2.13. The fourth-order valence-corrected chi connectivity index (χ4v) is 4.99. The smallest absolute Gasteiger partial charge is 0.326 e. The van der Waals surface area contributed by atoms with E-state index in [0.717, 1.165) is 0 Å². The molecule has 2 aromatic rings. The summed E-state index contributed by atoms with van der Waals surface area (Å²) >= 11 is 0. The number of carboxylic acid groups (broad SMARTS) is 1. The lowest BCUT2D eigenvalue weighted by molar-refractivity contribution is -0.548. The molecule has 0 aliphatic heterocycles. The van der Waals surface area contributed by atoms with E-state index in [9.17, 15) is 59.0 Å². The topological polar surface area (TPSA) is 322 Å². The van der Waals surface area contributed by atoms with E-state index in [4.69, 9.17) is 5.73 Å². The fourth-order valence-electron chi connectivity index (χ4n) is 4.99. The van der Waals surface area contributed by atoms with Crippen LogP contribution >= 0.6 is 0 Å². The quantitative estimate of drug-likeness (QED) is 0.0450. The number of aliphatic hydroxyl groups excluding tert-OH is 1. The minimum absolute atomic E-state index is 0.0478. The minimum atomic E-state index is -1.69. The molecule has 0 aliphatic carbocycles. The second-order valence-corrected chi connectivity index (χ2v) is 12.7. The molecule has 0 aromatic heterocycles. The van der Waals surface area contributed by atoms with Crippen LogP contribution in [0.25, 0.3) is 0 Å². The Balaban J connectivity index is 2.14. The molecule has 0 radical (unpaired) electrons. The number of nitrogens with zero attached hydrogens (tertiary/aromatic N) is 1. The average Bonchev–Trinajstić information content (AvgIpc) is 3.11. The van der Waals surface area contributed by atoms with Crippen LogP contribution in [0.5, 0.6) is 5.75 Å². The first-order chi connectivity index (χ1) is 25.4. The second-order valence-electron chi connectivity index (χ2n) is 12.7. The predicted octanol–water partition coefficient (Wildman–Crippen LogP) is -2.23. The molecule has 2 rings (SSSR count). The molecular weight excluding hydrogens is 712 g/mol. The maximum atomic E-state index is 13.5. The molecule has 20 heteroatoms. The third-order valence-electron chi connectivity index (χ3n) is 7.98. The lowest BCUT2D eigenvalue weighted by Gasteiger charge is -2.27. The summed E-state index contributed by atoms with van der Waals surface area (Å²) in [7, 11) is 0. The van der Waals surface area contributed by atoms with Gasteiger partial charge in [0.2, 0.25) is 35.4 Å². The van der Waals surface area contributed by atoms with Crippen LogP contribution in [0, 0.1) is 16.0 Å². The summed E-state index contributed by atoms with van der Waals surface area (Å²) in [6, 6.07) is 5.28. The van der Waals surface area contributed by atoms with Crippen LogP contribution in [0.15, 0.2) is 54.6 Å². The van der Waals surface area contributed by atoms with Gasteiger partial charge in [0.25, 0.3) is 0 Å². The zero-order chi connectivity index (χ0) is 40.5. The molecule has 54 heavy (non-hydrogen) atoms. The number of aliphatic carboxylic acids is 1. The third kappa shape index (κ3) is 14.7. The van der Waals surface area contributed by atoms with Gasteiger partial charge in [-0.25, -0.2) is 14.9 Å². The number of carbonyl (C=O) groups excluding carboxylic acids is 6. The monoisotopic (exact) mass is 758 g/mol. The van der Waals surface area contributed by atoms with E-state index in [1.165, 1.54) is 31.2 Å². The molecule has 0 bridgehead atoms. The molecule has 0 saturated carbocycles. The SMILES string of the molecule is CC(C)[C@H](NC(=O)[C@H](Cc1ccc(O)cc1)N[N+](=O)[O-])C(=O)N[C@@H](CCC(N)=O)C(=O)N[C@@H](CO)C(=O)N[C@@H](C)C(=O)N[C@@H](Cc1ccccc1)C(=O)O. The first kappa shape index (κ1) is 43.9. The molecule has 0 aliphatic rings. The number of rotatable bonds is 22. The zero-order valence-corrected chi connectivity index (χ0v) is 29.8. The number of nitrogens with one attached hydrogen (secondary N) is 6. The third-order valence-corrected chi connectivity index (χ3v) is 7.98. The molecule has 6 amide bonds. The summed E-state index contributed by atoms with van der Waals surface area (Å²) in [4.78, 5) is 100. The van der Waals surface area contributed by atoms with E-state index in [1.54, 1.807) is 44.2 Å². The van der Waals surface area contributed by atoms with E-state index in [1.807, 2.05) is 5.43 Å². The minimum Gasteiger partial charge on any atom is -0.508 e. The van der Waals surface area contributed by atoms with E-state index < -0.39 is 102 Å². The van der Waals surface area contributed by atoms with Crippen LogP contribution in [0.3, 0.4) is 0 Å². The van der Waals surface area contributed by atoms with E-state index >= 15 is 0 Å². The first-order valence-electron chi connectivity index (χ1n) is 16.8. The maximum absolute atomic E-state index is 13.5. The Hall–Kier alpha value is -6.31. The van der Waals surface area contributed by atoms with Crippen molar-refractivity contribution in [2.45, 2.75) is 82.7 Å². The number of aliphatic hydroxyl groups is 1. The number of phenols is 1. The van der Waals surface area contributed by atoms with Crippen molar-refractivity contribution in [3.05, 3.63) is 75.8 Å². The number of hydrogen-bond acceptors (Lipinski definition) is 11. The number of benzene rings is 2. The molecule has 294 valence electrons.